The summed E-state index contributed by atoms with van der Waals surface area (Å²) in [5, 5.41) is 4.47. The van der Waals surface area contributed by atoms with Crippen LogP contribution in [0.1, 0.15) is 38.4 Å². The molecule has 26 heavy (non-hydrogen) atoms. The van der Waals surface area contributed by atoms with Gasteiger partial charge >= 0.3 is 6.09 Å². The Kier molecular flexibility index (Phi) is 5.30. The summed E-state index contributed by atoms with van der Waals surface area (Å²) in [6.45, 7) is 7.24. The van der Waals surface area contributed by atoms with Gasteiger partial charge in [-0.15, -0.1) is 9.94 Å². The zero-order valence-corrected chi connectivity index (χ0v) is 15.5. The summed E-state index contributed by atoms with van der Waals surface area (Å²) >= 11 is 0. The van der Waals surface area contributed by atoms with E-state index in [1.165, 1.54) is 4.85 Å². The second-order valence-electron chi connectivity index (χ2n) is 7.27. The van der Waals surface area contributed by atoms with Gasteiger partial charge in [-0.05, 0) is 44.4 Å². The van der Waals surface area contributed by atoms with Crippen LogP contribution in [0.3, 0.4) is 0 Å². The van der Waals surface area contributed by atoms with Crippen molar-refractivity contribution in [2.24, 2.45) is 0 Å². The fraction of sp³-hybridized carbons (Fsp3) is 0.400. The molecule has 1 amide bonds. The van der Waals surface area contributed by atoms with Gasteiger partial charge in [0.15, 0.2) is 0 Å². The first kappa shape index (κ1) is 18.0. The fourth-order valence-electron chi connectivity index (χ4n) is 2.66. The maximum atomic E-state index is 12.1. The van der Waals surface area contributed by atoms with Crippen LogP contribution < -0.4 is 4.84 Å². The zero-order chi connectivity index (χ0) is 18.6. The van der Waals surface area contributed by atoms with Gasteiger partial charge in [-0.2, -0.15) is 0 Å². The standard InChI is InChI=1S/C20H25N3O3/c1-20(2,3)26-19(24)22-12-9-17(10-13-22)18-11-14-23(21-18)25-15-16-7-5-4-6-8-16/h4-9,11,14H,10,12-13,15H2,1-3H3. The average molecular weight is 355 g/mol. The van der Waals surface area contributed by atoms with Crippen LogP contribution in [0.2, 0.25) is 0 Å². The number of aromatic nitrogens is 2. The summed E-state index contributed by atoms with van der Waals surface area (Å²) in [6.07, 6.45) is 4.30. The monoisotopic (exact) mass is 355 g/mol. The van der Waals surface area contributed by atoms with Gasteiger partial charge in [0.05, 0.1) is 11.9 Å². The van der Waals surface area contributed by atoms with Crippen molar-refractivity contribution in [3.63, 3.8) is 0 Å². The third-order valence-corrected chi connectivity index (χ3v) is 3.96. The van der Waals surface area contributed by atoms with Crippen LogP contribution in [-0.2, 0) is 11.3 Å². The Labute approximate surface area is 154 Å². The molecule has 0 N–H and O–H groups in total. The number of ether oxygens (including phenoxy) is 1. The first-order chi connectivity index (χ1) is 12.4. The Bertz CT molecular complexity index is 775. The Balaban J connectivity index is 1.56. The van der Waals surface area contributed by atoms with E-state index in [0.717, 1.165) is 23.3 Å². The van der Waals surface area contributed by atoms with E-state index in [4.69, 9.17) is 9.57 Å². The van der Waals surface area contributed by atoms with Gasteiger partial charge in [-0.1, -0.05) is 36.4 Å². The smallest absolute Gasteiger partial charge is 0.410 e. The highest BCUT2D eigenvalue weighted by molar-refractivity contribution is 5.71. The molecule has 6 nitrogen and oxygen atoms in total. The maximum absolute atomic E-state index is 12.1. The summed E-state index contributed by atoms with van der Waals surface area (Å²) in [7, 11) is 0. The molecule has 2 heterocycles. The molecule has 0 unspecified atom stereocenters. The van der Waals surface area contributed by atoms with Gasteiger partial charge in [0.25, 0.3) is 0 Å². The first-order valence-electron chi connectivity index (χ1n) is 8.81. The molecule has 0 saturated heterocycles. The second-order valence-corrected chi connectivity index (χ2v) is 7.27. The van der Waals surface area contributed by atoms with E-state index in [-0.39, 0.29) is 6.09 Å². The number of rotatable bonds is 4. The quantitative estimate of drug-likeness (QED) is 0.842. The summed E-state index contributed by atoms with van der Waals surface area (Å²) in [6, 6.07) is 11.9. The first-order valence-corrected chi connectivity index (χ1v) is 8.81. The third kappa shape index (κ3) is 4.88. The molecule has 1 aliphatic rings. The molecule has 0 atom stereocenters. The molecular weight excluding hydrogens is 330 g/mol. The van der Waals surface area contributed by atoms with E-state index in [2.05, 4.69) is 5.10 Å². The van der Waals surface area contributed by atoms with Crippen molar-refractivity contribution in [2.75, 3.05) is 13.1 Å². The minimum Gasteiger partial charge on any atom is -0.444 e. The van der Waals surface area contributed by atoms with Crippen LogP contribution in [0.4, 0.5) is 4.79 Å². The lowest BCUT2D eigenvalue weighted by molar-refractivity contribution is 0.0270. The van der Waals surface area contributed by atoms with E-state index in [9.17, 15) is 4.79 Å². The number of nitrogens with zero attached hydrogens (tertiary/aromatic N) is 3. The van der Waals surface area contributed by atoms with Crippen molar-refractivity contribution < 1.29 is 14.4 Å². The van der Waals surface area contributed by atoms with Gasteiger partial charge in [-0.25, -0.2) is 4.79 Å². The molecule has 3 rings (SSSR count). The molecule has 1 aromatic heterocycles. The highest BCUT2D eigenvalue weighted by Crippen LogP contribution is 2.22. The summed E-state index contributed by atoms with van der Waals surface area (Å²) < 4.78 is 5.41. The van der Waals surface area contributed by atoms with Crippen LogP contribution >= 0.6 is 0 Å². The lowest BCUT2D eigenvalue weighted by atomic mass is 10.1. The number of hydrogen-bond donors (Lipinski definition) is 0. The largest absolute Gasteiger partial charge is 0.444 e. The molecule has 0 saturated carbocycles. The van der Waals surface area contributed by atoms with Crippen LogP contribution in [0, 0.1) is 0 Å². The second kappa shape index (κ2) is 7.64. The maximum Gasteiger partial charge on any atom is 0.410 e. The third-order valence-electron chi connectivity index (χ3n) is 3.96. The minimum atomic E-state index is -0.476. The Morgan fingerprint density at radius 1 is 1.19 bits per heavy atom. The number of carbonyl (C=O) groups is 1. The molecule has 0 radical (unpaired) electrons. The molecule has 0 aliphatic carbocycles. The topological polar surface area (TPSA) is 56.6 Å². The molecular formula is C20H25N3O3. The van der Waals surface area contributed by atoms with Gasteiger partial charge < -0.3 is 14.5 Å². The van der Waals surface area contributed by atoms with Crippen molar-refractivity contribution >= 4 is 11.7 Å². The van der Waals surface area contributed by atoms with E-state index in [1.807, 2.05) is 63.2 Å². The molecule has 1 aromatic carbocycles. The van der Waals surface area contributed by atoms with Gasteiger partial charge in [0, 0.05) is 13.1 Å². The Morgan fingerprint density at radius 3 is 2.62 bits per heavy atom. The van der Waals surface area contributed by atoms with Crippen LogP contribution in [0.5, 0.6) is 0 Å². The van der Waals surface area contributed by atoms with Gasteiger partial charge in [0.2, 0.25) is 0 Å². The van der Waals surface area contributed by atoms with Gasteiger partial charge in [0.1, 0.15) is 12.2 Å². The predicted molar refractivity (Wildman–Crippen MR) is 99.4 cm³/mol. The van der Waals surface area contributed by atoms with E-state index in [0.29, 0.717) is 19.7 Å². The predicted octanol–water partition coefficient (Wildman–Crippen LogP) is 3.54. The molecule has 0 fully saturated rings. The van der Waals surface area contributed by atoms with Crippen molar-refractivity contribution in [1.29, 1.82) is 0 Å². The van der Waals surface area contributed by atoms with Crippen molar-refractivity contribution in [3.05, 3.63) is 59.9 Å². The lowest BCUT2D eigenvalue weighted by Crippen LogP contribution is -2.39. The summed E-state index contributed by atoms with van der Waals surface area (Å²) in [4.78, 5) is 21.0. The molecule has 0 bridgehead atoms. The van der Waals surface area contributed by atoms with Gasteiger partial charge in [-0.3, -0.25) is 0 Å². The van der Waals surface area contributed by atoms with E-state index >= 15 is 0 Å². The molecule has 138 valence electrons. The highest BCUT2D eigenvalue weighted by atomic mass is 16.7. The number of carbonyl (C=O) groups excluding carboxylic acids is 1. The normalized spacial score (nSPS) is 14.7. The SMILES string of the molecule is CC(C)(C)OC(=O)N1CC=C(c2ccn(OCc3ccccc3)n2)CC1. The molecule has 0 spiro atoms. The molecule has 6 heteroatoms. The van der Waals surface area contributed by atoms with E-state index < -0.39 is 5.60 Å². The Morgan fingerprint density at radius 2 is 1.96 bits per heavy atom. The number of amides is 1. The van der Waals surface area contributed by atoms with Crippen LogP contribution in [-0.4, -0.2) is 39.6 Å². The number of hydrogen-bond acceptors (Lipinski definition) is 4. The van der Waals surface area contributed by atoms with Crippen molar-refractivity contribution in [3.8, 4) is 0 Å². The molecule has 1 aliphatic heterocycles. The minimum absolute atomic E-state index is 0.274. The number of benzene rings is 1. The highest BCUT2D eigenvalue weighted by Gasteiger charge is 2.24. The molecule has 2 aromatic rings. The van der Waals surface area contributed by atoms with Crippen LogP contribution in [0.15, 0.2) is 48.7 Å². The zero-order valence-electron chi connectivity index (χ0n) is 15.5. The van der Waals surface area contributed by atoms with Crippen LogP contribution in [0.25, 0.3) is 5.57 Å². The fourth-order valence-corrected chi connectivity index (χ4v) is 2.66. The Hall–Kier alpha value is -2.76. The van der Waals surface area contributed by atoms with Crippen molar-refractivity contribution in [1.82, 2.24) is 14.8 Å². The van der Waals surface area contributed by atoms with E-state index in [1.54, 1.807) is 11.1 Å². The van der Waals surface area contributed by atoms with Crippen molar-refractivity contribution in [2.45, 2.75) is 39.4 Å². The average Bonchev–Trinajstić information content (AvgIpc) is 3.08. The summed E-state index contributed by atoms with van der Waals surface area (Å²) in [5.41, 5.74) is 2.61. The summed E-state index contributed by atoms with van der Waals surface area (Å²) in [5.74, 6) is 0. The lowest BCUT2D eigenvalue weighted by Gasteiger charge is -2.29.